The van der Waals surface area contributed by atoms with Gasteiger partial charge in [0.2, 0.25) is 0 Å². The minimum Gasteiger partial charge on any atom is -0.494 e. The van der Waals surface area contributed by atoms with Crippen LogP contribution in [0.3, 0.4) is 0 Å². The van der Waals surface area contributed by atoms with Crippen LogP contribution in [0.25, 0.3) is 44.6 Å². The molecular weight excluding hydrogens is 529 g/mol. The predicted octanol–water partition coefficient (Wildman–Crippen LogP) is 5.98. The molecule has 42 heavy (non-hydrogen) atoms. The molecule has 2 aromatic heterocycles. The van der Waals surface area contributed by atoms with Crippen LogP contribution in [0, 0.1) is 17.7 Å². The molecule has 3 aromatic carbocycles. The number of fused-ring (bicyclic) bond motifs is 4. The second kappa shape index (κ2) is 9.42. The van der Waals surface area contributed by atoms with Crippen molar-refractivity contribution in [2.75, 3.05) is 13.7 Å². The number of aryl methyl sites for hydroxylation is 1. The van der Waals surface area contributed by atoms with Gasteiger partial charge in [-0.2, -0.15) is 0 Å². The van der Waals surface area contributed by atoms with Crippen molar-refractivity contribution in [1.29, 1.82) is 0 Å². The molecule has 0 spiro atoms. The lowest BCUT2D eigenvalue weighted by Crippen LogP contribution is -2.41. The highest BCUT2D eigenvalue weighted by Gasteiger charge is 2.47. The van der Waals surface area contributed by atoms with Crippen LogP contribution in [0.2, 0.25) is 0 Å². The van der Waals surface area contributed by atoms with Gasteiger partial charge in [0.25, 0.3) is 5.91 Å². The van der Waals surface area contributed by atoms with Gasteiger partial charge in [0, 0.05) is 48.7 Å². The van der Waals surface area contributed by atoms with Gasteiger partial charge in [-0.25, -0.2) is 9.37 Å². The third-order valence-electron chi connectivity index (χ3n) is 9.76. The number of hydrogen-bond acceptors (Lipinski definition) is 4. The van der Waals surface area contributed by atoms with Crippen LogP contribution in [-0.4, -0.2) is 50.7 Å². The number of carbonyl (C=O) groups is 1. The smallest absolute Gasteiger partial charge is 0.254 e. The molecule has 1 aliphatic heterocycles. The summed E-state index contributed by atoms with van der Waals surface area (Å²) in [6.07, 6.45) is 4.52. The summed E-state index contributed by atoms with van der Waals surface area (Å²) in [5.41, 5.74) is 12.8. The van der Waals surface area contributed by atoms with Crippen LogP contribution >= 0.6 is 0 Å². The monoisotopic (exact) mass is 563 g/mol. The Hall–Kier alpha value is -4.17. The zero-order valence-electron chi connectivity index (χ0n) is 23.9. The molecule has 3 fully saturated rings. The average Bonchev–Trinajstić information content (AvgIpc) is 3.41. The van der Waals surface area contributed by atoms with E-state index in [0.717, 1.165) is 70.5 Å². The summed E-state index contributed by atoms with van der Waals surface area (Å²) < 4.78 is 23.9. The molecule has 3 atom stereocenters. The van der Waals surface area contributed by atoms with Crippen LogP contribution in [-0.2, 0) is 13.6 Å². The second-order valence-electron chi connectivity index (χ2n) is 12.3. The number of nitrogens with zero attached hydrogens (tertiary/aromatic N) is 4. The number of hydrogen-bond donors (Lipinski definition) is 1. The zero-order valence-corrected chi connectivity index (χ0v) is 23.9. The number of ether oxygens (including phenoxy) is 1. The second-order valence-corrected chi connectivity index (χ2v) is 12.3. The molecular formula is C34H34FN5O2. The van der Waals surface area contributed by atoms with Crippen LogP contribution in [0.1, 0.15) is 36.0 Å². The van der Waals surface area contributed by atoms with E-state index in [2.05, 4.69) is 33.4 Å². The lowest BCUT2D eigenvalue weighted by Gasteiger charge is -2.27. The summed E-state index contributed by atoms with van der Waals surface area (Å²) in [6, 6.07) is 19.2. The topological polar surface area (TPSA) is 78.3 Å². The third-order valence-corrected chi connectivity index (χ3v) is 9.76. The first-order valence-corrected chi connectivity index (χ1v) is 14.9. The first-order valence-electron chi connectivity index (χ1n) is 14.9. The SMILES string of the molecule is COc1cc(C(=O)N2CC3CCC2C3N)cc2nc(-c3cc4ccc(-c5ccc(F)cc5)cc4n3CC3CC3)n(C)c12. The Bertz CT molecular complexity index is 1870. The van der Waals surface area contributed by atoms with Gasteiger partial charge in [-0.15, -0.1) is 0 Å². The molecule has 214 valence electrons. The lowest BCUT2D eigenvalue weighted by molar-refractivity contribution is 0.0700. The van der Waals surface area contributed by atoms with Gasteiger partial charge in [0.05, 0.1) is 18.3 Å². The predicted molar refractivity (Wildman–Crippen MR) is 162 cm³/mol. The van der Waals surface area contributed by atoms with Crippen molar-refractivity contribution < 1.29 is 13.9 Å². The van der Waals surface area contributed by atoms with E-state index >= 15 is 0 Å². The first kappa shape index (κ1) is 25.5. The number of benzene rings is 3. The number of piperidine rings is 1. The van der Waals surface area contributed by atoms with Crippen LogP contribution in [0.4, 0.5) is 4.39 Å². The van der Waals surface area contributed by atoms with Gasteiger partial charge in [-0.3, -0.25) is 4.79 Å². The Balaban J connectivity index is 1.24. The highest BCUT2D eigenvalue weighted by molar-refractivity contribution is 6.00. The maximum Gasteiger partial charge on any atom is 0.254 e. The number of halogens is 1. The lowest BCUT2D eigenvalue weighted by atomic mass is 10.0. The van der Waals surface area contributed by atoms with Crippen molar-refractivity contribution in [1.82, 2.24) is 19.0 Å². The van der Waals surface area contributed by atoms with Crippen molar-refractivity contribution in [3.8, 4) is 28.4 Å². The third kappa shape index (κ3) is 3.96. The van der Waals surface area contributed by atoms with Gasteiger partial charge in [-0.1, -0.05) is 24.3 Å². The molecule has 2 bridgehead atoms. The highest BCUT2D eigenvalue weighted by Crippen LogP contribution is 2.40. The number of nitrogens with two attached hydrogens (primary N) is 1. The number of carbonyl (C=O) groups excluding carboxylic acids is 1. The minimum atomic E-state index is -0.238. The minimum absolute atomic E-state index is 0.00113. The van der Waals surface area contributed by atoms with Crippen molar-refractivity contribution in [2.24, 2.45) is 24.6 Å². The number of aromatic nitrogens is 3. The molecule has 2 N–H and O–H groups in total. The molecule has 2 saturated carbocycles. The Kier molecular flexibility index (Phi) is 5.73. The standard InChI is InChI=1S/C34H34FN5O2/c1-38-32-26(13-24(16-30(32)42-2)34(41)40-18-23-9-12-27(40)31(23)36)37-33(38)29-15-22-6-5-21(20-7-10-25(35)11-8-20)14-28(22)39(29)17-19-3-4-19/h5-8,10-11,13-16,19,23,27,31H,3-4,9,12,17-18,36H2,1-2H3. The first-order chi connectivity index (χ1) is 20.4. The van der Waals surface area contributed by atoms with Crippen LogP contribution in [0.5, 0.6) is 5.75 Å². The number of methoxy groups -OCH3 is 1. The maximum absolute atomic E-state index is 13.7. The van der Waals surface area contributed by atoms with Gasteiger partial charge < -0.3 is 24.5 Å². The molecule has 3 unspecified atom stereocenters. The fourth-order valence-electron chi connectivity index (χ4n) is 7.28. The van der Waals surface area contributed by atoms with E-state index in [1.807, 2.05) is 36.2 Å². The van der Waals surface area contributed by atoms with Gasteiger partial charge >= 0.3 is 0 Å². The van der Waals surface area contributed by atoms with E-state index in [1.165, 1.54) is 25.0 Å². The molecule has 1 amide bonds. The Morgan fingerprint density at radius 1 is 1.02 bits per heavy atom. The molecule has 3 aliphatic rings. The van der Waals surface area contributed by atoms with Crippen molar-refractivity contribution in [3.63, 3.8) is 0 Å². The number of likely N-dealkylation sites (tertiary alicyclic amines) is 1. The summed E-state index contributed by atoms with van der Waals surface area (Å²) in [5, 5.41) is 1.13. The van der Waals surface area contributed by atoms with E-state index in [0.29, 0.717) is 23.1 Å². The maximum atomic E-state index is 13.7. The molecule has 2 aliphatic carbocycles. The number of imidazole rings is 1. The summed E-state index contributed by atoms with van der Waals surface area (Å²) in [6.45, 7) is 1.63. The molecule has 8 rings (SSSR count). The molecule has 3 heterocycles. The van der Waals surface area contributed by atoms with E-state index in [1.54, 1.807) is 7.11 Å². The largest absolute Gasteiger partial charge is 0.494 e. The average molecular weight is 564 g/mol. The molecule has 0 radical (unpaired) electrons. The Labute approximate surface area is 243 Å². The van der Waals surface area contributed by atoms with E-state index in [-0.39, 0.29) is 23.8 Å². The summed E-state index contributed by atoms with van der Waals surface area (Å²) >= 11 is 0. The van der Waals surface area contributed by atoms with Gasteiger partial charge in [-0.05, 0) is 85.0 Å². The van der Waals surface area contributed by atoms with Crippen LogP contribution in [0.15, 0.2) is 60.7 Å². The van der Waals surface area contributed by atoms with Gasteiger partial charge in [0.15, 0.2) is 5.82 Å². The van der Waals surface area contributed by atoms with E-state index in [4.69, 9.17) is 15.5 Å². The summed E-state index contributed by atoms with van der Waals surface area (Å²) in [4.78, 5) is 20.8. The summed E-state index contributed by atoms with van der Waals surface area (Å²) in [7, 11) is 3.65. The van der Waals surface area contributed by atoms with E-state index < -0.39 is 0 Å². The normalized spacial score (nSPS) is 21.6. The molecule has 1 saturated heterocycles. The van der Waals surface area contributed by atoms with E-state index in [9.17, 15) is 9.18 Å². The molecule has 5 aromatic rings. The quantitative estimate of drug-likeness (QED) is 0.276. The molecule has 7 nitrogen and oxygen atoms in total. The zero-order chi connectivity index (χ0) is 28.7. The van der Waals surface area contributed by atoms with Crippen LogP contribution < -0.4 is 10.5 Å². The number of rotatable bonds is 6. The molecule has 8 heteroatoms. The van der Waals surface area contributed by atoms with Gasteiger partial charge in [0.1, 0.15) is 17.1 Å². The van der Waals surface area contributed by atoms with Crippen molar-refractivity contribution in [2.45, 2.75) is 44.3 Å². The van der Waals surface area contributed by atoms with Crippen molar-refractivity contribution >= 4 is 27.8 Å². The fraction of sp³-hybridized carbons (Fsp3) is 0.353. The fourth-order valence-corrected chi connectivity index (χ4v) is 7.28. The highest BCUT2D eigenvalue weighted by atomic mass is 19.1. The summed E-state index contributed by atoms with van der Waals surface area (Å²) in [5.74, 6) is 2.26. The Morgan fingerprint density at radius 2 is 1.81 bits per heavy atom. The number of amides is 1. The Morgan fingerprint density at radius 3 is 2.50 bits per heavy atom. The van der Waals surface area contributed by atoms with Crippen molar-refractivity contribution in [3.05, 3.63) is 72.0 Å².